The predicted octanol–water partition coefficient (Wildman–Crippen LogP) is 3.47. The largest absolute Gasteiger partial charge is 0.393 e. The molecule has 0 amide bonds. The van der Waals surface area contributed by atoms with Gasteiger partial charge in [0.05, 0.1) is 11.5 Å². The molecule has 32 heavy (non-hydrogen) atoms. The number of fused-ring (bicyclic) bond motifs is 1. The maximum absolute atomic E-state index is 13.3. The normalized spacial score (nSPS) is 18.8. The van der Waals surface area contributed by atoms with Crippen molar-refractivity contribution in [1.82, 2.24) is 19.4 Å². The molecule has 3 heterocycles. The Morgan fingerprint density at radius 2 is 1.97 bits per heavy atom. The van der Waals surface area contributed by atoms with Crippen LogP contribution in [0.1, 0.15) is 25.7 Å². The summed E-state index contributed by atoms with van der Waals surface area (Å²) in [7, 11) is 3.97. The van der Waals surface area contributed by atoms with Gasteiger partial charge >= 0.3 is 0 Å². The van der Waals surface area contributed by atoms with E-state index in [9.17, 15) is 9.90 Å². The Bertz CT molecular complexity index is 1140. The third kappa shape index (κ3) is 5.38. The van der Waals surface area contributed by atoms with Gasteiger partial charge in [0.1, 0.15) is 17.5 Å². The van der Waals surface area contributed by atoms with Gasteiger partial charge in [-0.1, -0.05) is 11.6 Å². The van der Waals surface area contributed by atoms with Gasteiger partial charge < -0.3 is 25.2 Å². The van der Waals surface area contributed by atoms with Gasteiger partial charge in [-0.25, -0.2) is 9.97 Å². The number of hydrogen-bond donors (Lipinski definition) is 3. The number of anilines is 3. The second kappa shape index (κ2) is 9.85. The van der Waals surface area contributed by atoms with Gasteiger partial charge in [-0.3, -0.25) is 4.79 Å². The van der Waals surface area contributed by atoms with Crippen LogP contribution in [0.3, 0.4) is 0 Å². The number of rotatable bonds is 7. The molecule has 3 N–H and O–H groups in total. The fourth-order valence-electron chi connectivity index (χ4n) is 3.97. The summed E-state index contributed by atoms with van der Waals surface area (Å²) < 4.78 is 1.73. The number of halogens is 1. The summed E-state index contributed by atoms with van der Waals surface area (Å²) in [5, 5.41) is 18.5. The lowest BCUT2D eigenvalue weighted by molar-refractivity contribution is 0.126. The van der Waals surface area contributed by atoms with Crippen LogP contribution in [-0.2, 0) is 6.54 Å². The maximum atomic E-state index is 13.3. The quantitative estimate of drug-likeness (QED) is 0.501. The first kappa shape index (κ1) is 22.5. The van der Waals surface area contributed by atoms with E-state index in [-0.39, 0.29) is 17.7 Å². The maximum Gasteiger partial charge on any atom is 0.262 e. The standard InChI is InChI=1S/C23H29ClN6O2/c1-29(2)11-12-30-10-8-15-13-20(27-19-14-16(24)7-9-25-19)28-22(21(15)23(30)32)26-17-3-5-18(31)6-4-17/h7-10,13-14,17-18,31H,3-6,11-12H2,1-2H3,(H2,25,26,27,28)/t17-,18+. The average molecular weight is 457 g/mol. The molecule has 3 aromatic rings. The highest BCUT2D eigenvalue weighted by atomic mass is 35.5. The number of hydrogen-bond acceptors (Lipinski definition) is 7. The summed E-state index contributed by atoms with van der Waals surface area (Å²) in [6, 6.07) is 7.39. The zero-order chi connectivity index (χ0) is 22.7. The van der Waals surface area contributed by atoms with Crippen molar-refractivity contribution in [1.29, 1.82) is 0 Å². The van der Waals surface area contributed by atoms with Gasteiger partial charge in [0.2, 0.25) is 0 Å². The minimum atomic E-state index is -0.247. The first-order valence-electron chi connectivity index (χ1n) is 10.9. The first-order valence-corrected chi connectivity index (χ1v) is 11.3. The molecular weight excluding hydrogens is 428 g/mol. The number of aliphatic hydroxyl groups is 1. The van der Waals surface area contributed by atoms with E-state index in [1.165, 1.54) is 0 Å². The van der Waals surface area contributed by atoms with Crippen LogP contribution in [0, 0.1) is 0 Å². The zero-order valence-corrected chi connectivity index (χ0v) is 19.1. The van der Waals surface area contributed by atoms with Crippen LogP contribution in [0.4, 0.5) is 17.5 Å². The van der Waals surface area contributed by atoms with Crippen molar-refractivity contribution in [2.45, 2.75) is 44.4 Å². The molecule has 1 fully saturated rings. The lowest BCUT2D eigenvalue weighted by Gasteiger charge is -2.27. The molecule has 1 aliphatic carbocycles. The molecule has 8 nitrogen and oxygen atoms in total. The number of aliphatic hydroxyl groups excluding tert-OH is 1. The third-order valence-electron chi connectivity index (χ3n) is 5.76. The predicted molar refractivity (Wildman–Crippen MR) is 129 cm³/mol. The van der Waals surface area contributed by atoms with Crippen molar-refractivity contribution >= 4 is 39.8 Å². The molecule has 0 unspecified atom stereocenters. The van der Waals surface area contributed by atoms with Crippen LogP contribution in [-0.4, -0.2) is 57.3 Å². The Morgan fingerprint density at radius 1 is 1.19 bits per heavy atom. The summed E-state index contributed by atoms with van der Waals surface area (Å²) in [6.45, 7) is 1.37. The van der Waals surface area contributed by atoms with Crippen molar-refractivity contribution in [3.63, 3.8) is 0 Å². The Hall–Kier alpha value is -2.68. The number of nitrogens with one attached hydrogen (secondary N) is 2. The molecule has 0 aromatic carbocycles. The van der Waals surface area contributed by atoms with Crippen molar-refractivity contribution in [3.05, 3.63) is 52.0 Å². The number of nitrogens with zero attached hydrogens (tertiary/aromatic N) is 4. The Morgan fingerprint density at radius 3 is 2.69 bits per heavy atom. The van der Waals surface area contributed by atoms with E-state index in [0.29, 0.717) is 34.4 Å². The van der Waals surface area contributed by atoms with E-state index in [0.717, 1.165) is 37.6 Å². The van der Waals surface area contributed by atoms with Gasteiger partial charge in [-0.15, -0.1) is 0 Å². The van der Waals surface area contributed by atoms with Gasteiger partial charge in [0.25, 0.3) is 5.56 Å². The molecule has 3 aromatic heterocycles. The molecule has 1 saturated carbocycles. The number of aromatic nitrogens is 3. The molecule has 0 saturated heterocycles. The molecule has 0 atom stereocenters. The van der Waals surface area contributed by atoms with Gasteiger partial charge in [0.15, 0.2) is 0 Å². The summed E-state index contributed by atoms with van der Waals surface area (Å²) in [5.74, 6) is 1.71. The fraction of sp³-hybridized carbons (Fsp3) is 0.435. The van der Waals surface area contributed by atoms with Crippen LogP contribution >= 0.6 is 11.6 Å². The first-order chi connectivity index (χ1) is 15.4. The van der Waals surface area contributed by atoms with Gasteiger partial charge in [0, 0.05) is 36.5 Å². The Labute approximate surface area is 192 Å². The second-order valence-electron chi connectivity index (χ2n) is 8.57. The van der Waals surface area contributed by atoms with Crippen molar-refractivity contribution < 1.29 is 5.11 Å². The van der Waals surface area contributed by atoms with Crippen LogP contribution in [0.25, 0.3) is 10.8 Å². The van der Waals surface area contributed by atoms with E-state index >= 15 is 0 Å². The molecule has 0 bridgehead atoms. The Balaban J connectivity index is 1.73. The number of likely N-dealkylation sites (N-methyl/N-ethyl adjacent to an activating group) is 1. The highest BCUT2D eigenvalue weighted by molar-refractivity contribution is 6.30. The van der Waals surface area contributed by atoms with E-state index in [1.807, 2.05) is 37.3 Å². The lowest BCUT2D eigenvalue weighted by atomic mass is 9.93. The topological polar surface area (TPSA) is 95.3 Å². The summed E-state index contributed by atoms with van der Waals surface area (Å²) >= 11 is 6.09. The summed E-state index contributed by atoms with van der Waals surface area (Å²) in [6.07, 6.45) is 6.36. The molecule has 0 spiro atoms. The SMILES string of the molecule is CN(C)CCn1ccc2cc(Nc3cc(Cl)ccn3)nc(N[C@H]3CC[C@@H](O)CC3)c2c1=O. The fourth-order valence-corrected chi connectivity index (χ4v) is 4.13. The minimum Gasteiger partial charge on any atom is -0.393 e. The van der Waals surface area contributed by atoms with E-state index < -0.39 is 0 Å². The van der Waals surface area contributed by atoms with Gasteiger partial charge in [-0.2, -0.15) is 0 Å². The van der Waals surface area contributed by atoms with E-state index in [1.54, 1.807) is 22.9 Å². The molecule has 0 radical (unpaired) electrons. The van der Waals surface area contributed by atoms with Crippen LogP contribution in [0.5, 0.6) is 0 Å². The van der Waals surface area contributed by atoms with E-state index in [4.69, 9.17) is 16.6 Å². The third-order valence-corrected chi connectivity index (χ3v) is 6.00. The van der Waals surface area contributed by atoms with Crippen molar-refractivity contribution in [2.24, 2.45) is 0 Å². The highest BCUT2D eigenvalue weighted by Crippen LogP contribution is 2.28. The van der Waals surface area contributed by atoms with Crippen LogP contribution < -0.4 is 16.2 Å². The van der Waals surface area contributed by atoms with Crippen molar-refractivity contribution in [3.8, 4) is 0 Å². The molecular formula is C23H29ClN6O2. The Kier molecular flexibility index (Phi) is 6.93. The molecule has 170 valence electrons. The minimum absolute atomic E-state index is 0.0670. The summed E-state index contributed by atoms with van der Waals surface area (Å²) in [4.78, 5) is 24.4. The van der Waals surface area contributed by atoms with Crippen molar-refractivity contribution in [2.75, 3.05) is 31.3 Å². The average Bonchev–Trinajstić information content (AvgIpc) is 2.74. The molecule has 9 heteroatoms. The highest BCUT2D eigenvalue weighted by Gasteiger charge is 2.21. The molecule has 0 aliphatic heterocycles. The summed E-state index contributed by atoms with van der Waals surface area (Å²) in [5.41, 5.74) is -0.0670. The smallest absolute Gasteiger partial charge is 0.262 e. The lowest BCUT2D eigenvalue weighted by Crippen LogP contribution is -2.30. The van der Waals surface area contributed by atoms with E-state index in [2.05, 4.69) is 15.6 Å². The number of pyridine rings is 3. The van der Waals surface area contributed by atoms with Crippen LogP contribution in [0.15, 0.2) is 41.5 Å². The van der Waals surface area contributed by atoms with Gasteiger partial charge in [-0.05, 0) is 69.4 Å². The zero-order valence-electron chi connectivity index (χ0n) is 18.4. The molecule has 1 aliphatic rings. The monoisotopic (exact) mass is 456 g/mol. The van der Waals surface area contributed by atoms with Crippen LogP contribution in [0.2, 0.25) is 5.02 Å². The second-order valence-corrected chi connectivity index (χ2v) is 9.01. The molecule has 4 rings (SSSR count).